The van der Waals surface area contributed by atoms with Gasteiger partial charge in [-0.25, -0.2) is 0 Å². The van der Waals surface area contributed by atoms with Gasteiger partial charge in [-0.15, -0.1) is 0 Å². The number of carbonyl (C=O) groups excluding carboxylic acids is 1. The van der Waals surface area contributed by atoms with E-state index in [1.807, 2.05) is 0 Å². The van der Waals surface area contributed by atoms with E-state index in [1.54, 1.807) is 19.3 Å². The van der Waals surface area contributed by atoms with E-state index in [4.69, 9.17) is 4.74 Å². The van der Waals surface area contributed by atoms with Gasteiger partial charge in [-0.3, -0.25) is 9.59 Å². The number of amides is 1. The van der Waals surface area contributed by atoms with Crippen LogP contribution in [0.5, 0.6) is 0 Å². The van der Waals surface area contributed by atoms with E-state index in [0.29, 0.717) is 16.8 Å². The Bertz CT molecular complexity index is 466. The Hall–Kier alpha value is -1.14. The summed E-state index contributed by atoms with van der Waals surface area (Å²) in [5.74, 6) is -0.159. The van der Waals surface area contributed by atoms with Gasteiger partial charge in [0, 0.05) is 19.9 Å². The molecule has 1 saturated heterocycles. The van der Waals surface area contributed by atoms with Crippen molar-refractivity contribution in [2.75, 3.05) is 11.9 Å². The van der Waals surface area contributed by atoms with Crippen molar-refractivity contribution >= 4 is 27.5 Å². The van der Waals surface area contributed by atoms with Crippen LogP contribution >= 0.6 is 15.9 Å². The summed E-state index contributed by atoms with van der Waals surface area (Å²) in [6.07, 6.45) is 2.87. The third-order valence-corrected chi connectivity index (χ3v) is 3.20. The molecule has 1 aliphatic heterocycles. The van der Waals surface area contributed by atoms with Gasteiger partial charge in [-0.1, -0.05) is 0 Å². The second kappa shape index (κ2) is 5.01. The highest BCUT2D eigenvalue weighted by atomic mass is 79.9. The molecule has 17 heavy (non-hydrogen) atoms. The maximum absolute atomic E-state index is 11.8. The zero-order chi connectivity index (χ0) is 12.4. The molecule has 1 amide bonds. The quantitative estimate of drug-likeness (QED) is 0.895. The Labute approximate surface area is 107 Å². The molecule has 0 bridgehead atoms. The molecule has 0 aliphatic carbocycles. The van der Waals surface area contributed by atoms with Gasteiger partial charge in [-0.2, -0.15) is 0 Å². The van der Waals surface area contributed by atoms with Crippen LogP contribution in [0, 0.1) is 0 Å². The number of rotatable bonds is 2. The Balaban J connectivity index is 2.13. The number of aromatic nitrogens is 1. The largest absolute Gasteiger partial charge is 0.368 e. The van der Waals surface area contributed by atoms with Crippen molar-refractivity contribution in [3.63, 3.8) is 0 Å². The van der Waals surface area contributed by atoms with E-state index < -0.39 is 0 Å². The van der Waals surface area contributed by atoms with Crippen LogP contribution in [-0.2, 0) is 16.6 Å². The lowest BCUT2D eigenvalue weighted by Crippen LogP contribution is -2.28. The van der Waals surface area contributed by atoms with E-state index in [1.165, 1.54) is 4.57 Å². The summed E-state index contributed by atoms with van der Waals surface area (Å²) in [5, 5.41) is 2.74. The summed E-state index contributed by atoms with van der Waals surface area (Å²) in [7, 11) is 1.63. The predicted molar refractivity (Wildman–Crippen MR) is 67.0 cm³/mol. The number of hydrogen-bond acceptors (Lipinski definition) is 3. The molecular weight excluding hydrogens is 288 g/mol. The number of aryl methyl sites for hydroxylation is 1. The molecule has 1 aliphatic rings. The molecule has 1 aromatic heterocycles. The monoisotopic (exact) mass is 300 g/mol. The first-order valence-electron chi connectivity index (χ1n) is 5.36. The van der Waals surface area contributed by atoms with Crippen LogP contribution in [0.25, 0.3) is 0 Å². The fraction of sp³-hybridized carbons (Fsp3) is 0.455. The lowest BCUT2D eigenvalue weighted by molar-refractivity contribution is -0.124. The second-order valence-electron chi connectivity index (χ2n) is 3.98. The Kier molecular flexibility index (Phi) is 3.63. The Morgan fingerprint density at radius 2 is 2.41 bits per heavy atom. The molecule has 2 heterocycles. The molecule has 0 spiro atoms. The van der Waals surface area contributed by atoms with Gasteiger partial charge < -0.3 is 14.6 Å². The van der Waals surface area contributed by atoms with Gasteiger partial charge in [-0.05, 0) is 34.8 Å². The van der Waals surface area contributed by atoms with Crippen molar-refractivity contribution in [3.8, 4) is 0 Å². The number of anilines is 1. The van der Waals surface area contributed by atoms with Gasteiger partial charge in [0.05, 0.1) is 10.2 Å². The van der Waals surface area contributed by atoms with Crippen molar-refractivity contribution in [2.24, 2.45) is 7.05 Å². The van der Waals surface area contributed by atoms with Crippen molar-refractivity contribution in [1.29, 1.82) is 0 Å². The molecule has 0 radical (unpaired) electrons. The van der Waals surface area contributed by atoms with E-state index in [9.17, 15) is 9.59 Å². The number of hydrogen-bond donors (Lipinski definition) is 1. The number of nitrogens with one attached hydrogen (secondary N) is 1. The molecule has 6 heteroatoms. The molecule has 1 atom stereocenters. The lowest BCUT2D eigenvalue weighted by atomic mass is 10.2. The lowest BCUT2D eigenvalue weighted by Gasteiger charge is -2.11. The van der Waals surface area contributed by atoms with Crippen molar-refractivity contribution in [3.05, 3.63) is 27.1 Å². The molecule has 0 unspecified atom stereocenters. The number of pyridine rings is 1. The molecule has 5 nitrogen and oxygen atoms in total. The standard InChI is InChI=1S/C11H13BrN2O3/c1-14-6-7(5-8(12)11(14)16)13-10(15)9-3-2-4-17-9/h5-6,9H,2-4H2,1H3,(H,13,15)/t9-/m0/s1. The highest BCUT2D eigenvalue weighted by Crippen LogP contribution is 2.16. The number of halogens is 1. The summed E-state index contributed by atoms with van der Waals surface area (Å²) in [4.78, 5) is 23.2. The van der Waals surface area contributed by atoms with Crippen LogP contribution in [0.3, 0.4) is 0 Å². The maximum Gasteiger partial charge on any atom is 0.264 e. The van der Waals surface area contributed by atoms with Crippen LogP contribution in [0.15, 0.2) is 21.5 Å². The highest BCUT2D eigenvalue weighted by Gasteiger charge is 2.23. The van der Waals surface area contributed by atoms with Gasteiger partial charge in [0.1, 0.15) is 6.10 Å². The summed E-state index contributed by atoms with van der Waals surface area (Å²) in [6.45, 7) is 0.634. The molecule has 1 N–H and O–H groups in total. The minimum absolute atomic E-state index is 0.139. The van der Waals surface area contributed by atoms with Crippen molar-refractivity contribution in [1.82, 2.24) is 4.57 Å². The molecule has 1 fully saturated rings. The number of ether oxygens (including phenoxy) is 1. The van der Waals surface area contributed by atoms with Crippen LogP contribution in [0.2, 0.25) is 0 Å². The predicted octanol–water partition coefficient (Wildman–Crippen LogP) is 1.27. The summed E-state index contributed by atoms with van der Waals surface area (Å²) < 4.78 is 7.11. The summed E-state index contributed by atoms with van der Waals surface area (Å²) >= 11 is 3.15. The van der Waals surface area contributed by atoms with Crippen LogP contribution < -0.4 is 10.9 Å². The normalized spacial score (nSPS) is 19.3. The minimum Gasteiger partial charge on any atom is -0.368 e. The highest BCUT2D eigenvalue weighted by molar-refractivity contribution is 9.10. The Morgan fingerprint density at radius 1 is 1.65 bits per heavy atom. The molecule has 92 valence electrons. The SMILES string of the molecule is Cn1cc(NC(=O)[C@@H]2CCCO2)cc(Br)c1=O. The molecular formula is C11H13BrN2O3. The summed E-state index contributed by atoms with van der Waals surface area (Å²) in [6, 6.07) is 1.59. The Morgan fingerprint density at radius 3 is 3.00 bits per heavy atom. The third-order valence-electron chi connectivity index (χ3n) is 2.63. The van der Waals surface area contributed by atoms with Crippen LogP contribution in [0.1, 0.15) is 12.8 Å². The number of carbonyl (C=O) groups is 1. The van der Waals surface area contributed by atoms with Crippen LogP contribution in [-0.4, -0.2) is 23.2 Å². The van der Waals surface area contributed by atoms with Gasteiger partial charge >= 0.3 is 0 Å². The molecule has 2 rings (SSSR count). The first-order chi connectivity index (χ1) is 8.08. The van der Waals surface area contributed by atoms with E-state index in [-0.39, 0.29) is 17.6 Å². The molecule has 1 aromatic rings. The molecule has 0 saturated carbocycles. The van der Waals surface area contributed by atoms with Gasteiger partial charge in [0.25, 0.3) is 11.5 Å². The minimum atomic E-state index is -0.369. The molecule has 0 aromatic carbocycles. The first kappa shape index (κ1) is 12.3. The smallest absolute Gasteiger partial charge is 0.264 e. The van der Waals surface area contributed by atoms with Gasteiger partial charge in [0.15, 0.2) is 0 Å². The summed E-state index contributed by atoms with van der Waals surface area (Å²) in [5.41, 5.74) is 0.444. The zero-order valence-electron chi connectivity index (χ0n) is 9.40. The average molecular weight is 301 g/mol. The zero-order valence-corrected chi connectivity index (χ0v) is 11.0. The van der Waals surface area contributed by atoms with Gasteiger partial charge in [0.2, 0.25) is 0 Å². The third kappa shape index (κ3) is 2.76. The van der Waals surface area contributed by atoms with E-state index in [0.717, 1.165) is 12.8 Å². The second-order valence-corrected chi connectivity index (χ2v) is 4.84. The topological polar surface area (TPSA) is 60.3 Å². The number of nitrogens with zero attached hydrogens (tertiary/aromatic N) is 1. The average Bonchev–Trinajstić information content (AvgIpc) is 2.79. The van der Waals surface area contributed by atoms with Crippen molar-refractivity contribution < 1.29 is 9.53 Å². The van der Waals surface area contributed by atoms with Crippen LogP contribution in [0.4, 0.5) is 5.69 Å². The first-order valence-corrected chi connectivity index (χ1v) is 6.16. The van der Waals surface area contributed by atoms with E-state index in [2.05, 4.69) is 21.2 Å². The fourth-order valence-corrected chi connectivity index (χ4v) is 2.27. The van der Waals surface area contributed by atoms with Crippen molar-refractivity contribution in [2.45, 2.75) is 18.9 Å². The fourth-order valence-electron chi connectivity index (χ4n) is 1.75. The van der Waals surface area contributed by atoms with E-state index >= 15 is 0 Å². The maximum atomic E-state index is 11.8.